The number of nitrogen functional groups attached to an aromatic ring is 1. The Balaban J connectivity index is 2.07. The Morgan fingerprint density at radius 3 is 2.30 bits per heavy atom. The molecule has 20 heavy (non-hydrogen) atoms. The Kier molecular flexibility index (Phi) is 4.01. The van der Waals surface area contributed by atoms with Crippen LogP contribution in [0.25, 0.3) is 0 Å². The van der Waals surface area contributed by atoms with E-state index < -0.39 is 10.0 Å². The number of carbonyl (C=O) groups excluding carboxylic acids is 1. The molecule has 1 aromatic rings. The average molecular weight is 297 g/mol. The summed E-state index contributed by atoms with van der Waals surface area (Å²) in [6, 6.07) is 5.23. The van der Waals surface area contributed by atoms with Gasteiger partial charge in [0.1, 0.15) is 0 Å². The Morgan fingerprint density at radius 1 is 1.20 bits per heavy atom. The highest BCUT2D eigenvalue weighted by atomic mass is 32.2. The van der Waals surface area contributed by atoms with Gasteiger partial charge in [-0.1, -0.05) is 6.07 Å². The van der Waals surface area contributed by atoms with E-state index in [9.17, 15) is 13.2 Å². The molecule has 1 amide bonds. The number of amides is 1. The van der Waals surface area contributed by atoms with Crippen LogP contribution in [0.5, 0.6) is 0 Å². The molecular formula is C13H19N3O3S. The van der Waals surface area contributed by atoms with E-state index in [-0.39, 0.29) is 5.91 Å². The predicted octanol–water partition coefficient (Wildman–Crippen LogP) is 0.295. The zero-order chi connectivity index (χ0) is 14.9. The van der Waals surface area contributed by atoms with Gasteiger partial charge in [0.15, 0.2) is 0 Å². The minimum atomic E-state index is -3.18. The molecule has 1 aliphatic rings. The number of hydrogen-bond acceptors (Lipinski definition) is 4. The standard InChI is InChI=1S/C13H19N3O3S/c1-10-3-4-11(9-12(10)14)13(17)15-5-7-16(8-6-15)20(2,18)19/h3-4,9H,5-8,14H2,1-2H3. The molecule has 1 aromatic carbocycles. The first-order valence-electron chi connectivity index (χ1n) is 6.39. The van der Waals surface area contributed by atoms with Crippen molar-refractivity contribution in [2.75, 3.05) is 38.2 Å². The third-order valence-corrected chi connectivity index (χ3v) is 4.82. The number of rotatable bonds is 2. The first-order valence-corrected chi connectivity index (χ1v) is 8.24. The third kappa shape index (κ3) is 3.10. The number of hydrogen-bond donors (Lipinski definition) is 1. The van der Waals surface area contributed by atoms with E-state index in [0.29, 0.717) is 37.4 Å². The summed E-state index contributed by atoms with van der Waals surface area (Å²) in [7, 11) is -3.18. The lowest BCUT2D eigenvalue weighted by molar-refractivity contribution is 0.0698. The monoisotopic (exact) mass is 297 g/mol. The first-order chi connectivity index (χ1) is 9.29. The second-order valence-electron chi connectivity index (χ2n) is 5.03. The Morgan fingerprint density at radius 2 is 1.80 bits per heavy atom. The average Bonchev–Trinajstić information content (AvgIpc) is 2.40. The van der Waals surface area contributed by atoms with Crippen LogP contribution in [-0.4, -0.2) is 56.0 Å². The zero-order valence-electron chi connectivity index (χ0n) is 11.7. The van der Waals surface area contributed by atoms with Gasteiger partial charge in [0, 0.05) is 37.4 Å². The van der Waals surface area contributed by atoms with E-state index >= 15 is 0 Å². The van der Waals surface area contributed by atoms with Crippen molar-refractivity contribution < 1.29 is 13.2 Å². The minimum Gasteiger partial charge on any atom is -0.398 e. The smallest absolute Gasteiger partial charge is 0.254 e. The number of sulfonamides is 1. The van der Waals surface area contributed by atoms with Crippen molar-refractivity contribution in [3.05, 3.63) is 29.3 Å². The van der Waals surface area contributed by atoms with E-state index in [0.717, 1.165) is 5.56 Å². The van der Waals surface area contributed by atoms with Crippen LogP contribution >= 0.6 is 0 Å². The van der Waals surface area contributed by atoms with Gasteiger partial charge in [-0.2, -0.15) is 4.31 Å². The molecule has 1 heterocycles. The normalized spacial score (nSPS) is 17.2. The van der Waals surface area contributed by atoms with Crippen molar-refractivity contribution in [1.82, 2.24) is 9.21 Å². The van der Waals surface area contributed by atoms with Gasteiger partial charge < -0.3 is 10.6 Å². The van der Waals surface area contributed by atoms with Crippen LogP contribution in [0, 0.1) is 6.92 Å². The van der Waals surface area contributed by atoms with Crippen LogP contribution in [0.15, 0.2) is 18.2 Å². The molecule has 0 radical (unpaired) electrons. The Bertz CT molecular complexity index is 620. The highest BCUT2D eigenvalue weighted by molar-refractivity contribution is 7.88. The zero-order valence-corrected chi connectivity index (χ0v) is 12.5. The molecule has 0 aromatic heterocycles. The molecule has 0 atom stereocenters. The highest BCUT2D eigenvalue weighted by Crippen LogP contribution is 2.16. The van der Waals surface area contributed by atoms with Crippen molar-refractivity contribution in [1.29, 1.82) is 0 Å². The van der Waals surface area contributed by atoms with Crippen molar-refractivity contribution in [3.8, 4) is 0 Å². The lowest BCUT2D eigenvalue weighted by Crippen LogP contribution is -2.50. The molecule has 1 saturated heterocycles. The van der Waals surface area contributed by atoms with Crippen molar-refractivity contribution in [2.45, 2.75) is 6.92 Å². The molecule has 7 heteroatoms. The number of carbonyl (C=O) groups is 1. The van der Waals surface area contributed by atoms with Crippen LogP contribution in [0.2, 0.25) is 0 Å². The quantitative estimate of drug-likeness (QED) is 0.796. The lowest BCUT2D eigenvalue weighted by Gasteiger charge is -2.33. The number of piperazine rings is 1. The maximum Gasteiger partial charge on any atom is 0.254 e. The summed E-state index contributed by atoms with van der Waals surface area (Å²) < 4.78 is 24.2. The van der Waals surface area contributed by atoms with Crippen LogP contribution in [0.3, 0.4) is 0 Å². The third-order valence-electron chi connectivity index (χ3n) is 3.52. The molecule has 1 aliphatic heterocycles. The molecule has 1 fully saturated rings. The second-order valence-corrected chi connectivity index (χ2v) is 7.01. The summed E-state index contributed by atoms with van der Waals surface area (Å²) >= 11 is 0. The van der Waals surface area contributed by atoms with E-state index in [1.165, 1.54) is 10.6 Å². The number of anilines is 1. The fourth-order valence-electron chi connectivity index (χ4n) is 2.18. The van der Waals surface area contributed by atoms with Gasteiger partial charge in [-0.05, 0) is 24.6 Å². The maximum atomic E-state index is 12.3. The molecule has 0 bridgehead atoms. The van der Waals surface area contributed by atoms with E-state index in [1.807, 2.05) is 13.0 Å². The second kappa shape index (κ2) is 5.41. The summed E-state index contributed by atoms with van der Waals surface area (Å²) in [5.41, 5.74) is 7.87. The first kappa shape index (κ1) is 14.8. The topological polar surface area (TPSA) is 83.7 Å². The van der Waals surface area contributed by atoms with E-state index in [4.69, 9.17) is 5.73 Å². The lowest BCUT2D eigenvalue weighted by atomic mass is 10.1. The van der Waals surface area contributed by atoms with Gasteiger partial charge in [0.25, 0.3) is 5.91 Å². The molecule has 0 saturated carbocycles. The Hall–Kier alpha value is -1.60. The summed E-state index contributed by atoms with van der Waals surface area (Å²) in [6.07, 6.45) is 1.19. The van der Waals surface area contributed by atoms with E-state index in [1.54, 1.807) is 17.0 Å². The molecule has 0 aliphatic carbocycles. The number of nitrogens with two attached hydrogens (primary N) is 1. The van der Waals surface area contributed by atoms with Gasteiger partial charge in [-0.15, -0.1) is 0 Å². The molecule has 2 N–H and O–H groups in total. The maximum absolute atomic E-state index is 12.3. The SMILES string of the molecule is Cc1ccc(C(=O)N2CCN(S(C)(=O)=O)CC2)cc1N. The van der Waals surface area contributed by atoms with Crippen molar-refractivity contribution >= 4 is 21.6 Å². The van der Waals surface area contributed by atoms with Gasteiger partial charge in [-0.25, -0.2) is 8.42 Å². The van der Waals surface area contributed by atoms with Crippen molar-refractivity contribution in [2.24, 2.45) is 0 Å². The fourth-order valence-corrected chi connectivity index (χ4v) is 3.01. The fraction of sp³-hybridized carbons (Fsp3) is 0.462. The van der Waals surface area contributed by atoms with Gasteiger partial charge in [-0.3, -0.25) is 4.79 Å². The summed E-state index contributed by atoms with van der Waals surface area (Å²) in [4.78, 5) is 14.0. The summed E-state index contributed by atoms with van der Waals surface area (Å²) in [5, 5.41) is 0. The molecule has 2 rings (SSSR count). The summed E-state index contributed by atoms with van der Waals surface area (Å²) in [6.45, 7) is 3.37. The number of aryl methyl sites for hydroxylation is 1. The number of benzene rings is 1. The minimum absolute atomic E-state index is 0.107. The molecule has 110 valence electrons. The highest BCUT2D eigenvalue weighted by Gasteiger charge is 2.26. The van der Waals surface area contributed by atoms with Crippen molar-refractivity contribution in [3.63, 3.8) is 0 Å². The molecule has 6 nitrogen and oxygen atoms in total. The Labute approximate surface area is 119 Å². The van der Waals surface area contributed by atoms with E-state index in [2.05, 4.69) is 0 Å². The van der Waals surface area contributed by atoms with Gasteiger partial charge in [0.05, 0.1) is 6.26 Å². The molecule has 0 unspecified atom stereocenters. The van der Waals surface area contributed by atoms with Crippen LogP contribution < -0.4 is 5.73 Å². The van der Waals surface area contributed by atoms with Crippen LogP contribution in [-0.2, 0) is 10.0 Å². The molecular weight excluding hydrogens is 278 g/mol. The number of nitrogens with zero attached hydrogens (tertiary/aromatic N) is 2. The van der Waals surface area contributed by atoms with Gasteiger partial charge >= 0.3 is 0 Å². The van der Waals surface area contributed by atoms with Gasteiger partial charge in [0.2, 0.25) is 10.0 Å². The largest absolute Gasteiger partial charge is 0.398 e. The molecule has 0 spiro atoms. The van der Waals surface area contributed by atoms with Crippen LogP contribution in [0.4, 0.5) is 5.69 Å². The summed E-state index contributed by atoms with van der Waals surface area (Å²) in [5.74, 6) is -0.107. The predicted molar refractivity (Wildman–Crippen MR) is 77.9 cm³/mol. The van der Waals surface area contributed by atoms with Crippen LogP contribution in [0.1, 0.15) is 15.9 Å².